The molecule has 17 heavy (non-hydrogen) atoms. The molecule has 0 radical (unpaired) electrons. The highest BCUT2D eigenvalue weighted by atomic mass is 16.2. The number of allylic oxidation sites excluding steroid dienone is 2. The Morgan fingerprint density at radius 2 is 2.29 bits per heavy atom. The van der Waals surface area contributed by atoms with Crippen LogP contribution in [0.3, 0.4) is 0 Å². The number of rotatable bonds is 4. The number of piperidine rings is 1. The molecule has 1 aliphatic heterocycles. The summed E-state index contributed by atoms with van der Waals surface area (Å²) in [6, 6.07) is -0.625. The van der Waals surface area contributed by atoms with Crippen molar-refractivity contribution in [3.63, 3.8) is 0 Å². The van der Waals surface area contributed by atoms with Gasteiger partial charge in [-0.25, -0.2) is 0 Å². The highest BCUT2D eigenvalue weighted by Gasteiger charge is 2.28. The van der Waals surface area contributed by atoms with Crippen LogP contribution in [0, 0.1) is 0 Å². The van der Waals surface area contributed by atoms with E-state index >= 15 is 0 Å². The quantitative estimate of drug-likeness (QED) is 0.422. The Labute approximate surface area is 100.0 Å². The third-order valence-corrected chi connectivity index (χ3v) is 2.54. The highest BCUT2D eigenvalue weighted by molar-refractivity contribution is 6.03. The lowest BCUT2D eigenvalue weighted by Crippen LogP contribution is -2.52. The highest BCUT2D eigenvalue weighted by Crippen LogP contribution is 2.07. The van der Waals surface area contributed by atoms with Gasteiger partial charge in [-0.05, 0) is 12.8 Å². The van der Waals surface area contributed by atoms with E-state index in [1.165, 1.54) is 6.08 Å². The fourth-order valence-electron chi connectivity index (χ4n) is 1.58. The summed E-state index contributed by atoms with van der Waals surface area (Å²) in [4.78, 5) is 34.1. The van der Waals surface area contributed by atoms with Gasteiger partial charge in [-0.2, -0.15) is 0 Å². The van der Waals surface area contributed by atoms with Crippen LogP contribution in [-0.4, -0.2) is 23.8 Å². The zero-order valence-electron chi connectivity index (χ0n) is 9.79. The number of carbonyl (C=O) groups excluding carboxylic acids is 3. The van der Waals surface area contributed by atoms with Crippen LogP contribution in [0.4, 0.5) is 0 Å². The van der Waals surface area contributed by atoms with E-state index in [-0.39, 0.29) is 18.2 Å². The third-order valence-electron chi connectivity index (χ3n) is 2.54. The van der Waals surface area contributed by atoms with Gasteiger partial charge >= 0.3 is 0 Å². The molecular weight excluding hydrogens is 220 g/mol. The molecule has 0 aliphatic carbocycles. The molecule has 0 aromatic heterocycles. The van der Waals surface area contributed by atoms with Crippen molar-refractivity contribution in [2.75, 3.05) is 0 Å². The Kier molecular flexibility index (Phi) is 4.63. The zero-order valence-corrected chi connectivity index (χ0v) is 9.79. The SMILES string of the molecule is C=C/C=C(\CC)C(=O)NC1CCC(=O)NC1=O. The summed E-state index contributed by atoms with van der Waals surface area (Å²) >= 11 is 0. The first-order valence-corrected chi connectivity index (χ1v) is 5.54. The number of imide groups is 1. The van der Waals surface area contributed by atoms with Gasteiger partial charge in [0, 0.05) is 12.0 Å². The summed E-state index contributed by atoms with van der Waals surface area (Å²) in [5.74, 6) is -1.02. The average molecular weight is 236 g/mol. The van der Waals surface area contributed by atoms with Crippen molar-refractivity contribution in [1.29, 1.82) is 0 Å². The van der Waals surface area contributed by atoms with Gasteiger partial charge in [0.1, 0.15) is 6.04 Å². The molecule has 5 nitrogen and oxygen atoms in total. The number of amides is 3. The molecular formula is C12H16N2O3. The van der Waals surface area contributed by atoms with Crippen LogP contribution in [-0.2, 0) is 14.4 Å². The first-order valence-electron chi connectivity index (χ1n) is 5.54. The van der Waals surface area contributed by atoms with Crippen LogP contribution in [0.1, 0.15) is 26.2 Å². The molecule has 1 rings (SSSR count). The minimum atomic E-state index is -0.625. The second-order valence-corrected chi connectivity index (χ2v) is 3.76. The summed E-state index contributed by atoms with van der Waals surface area (Å²) in [6.07, 6.45) is 4.31. The van der Waals surface area contributed by atoms with E-state index in [0.29, 0.717) is 18.4 Å². The molecule has 3 amide bonds. The maximum Gasteiger partial charge on any atom is 0.249 e. The summed E-state index contributed by atoms with van der Waals surface area (Å²) in [6.45, 7) is 5.37. The molecule has 1 unspecified atom stereocenters. The lowest BCUT2D eigenvalue weighted by Gasteiger charge is -2.22. The number of nitrogens with one attached hydrogen (secondary N) is 2. The minimum Gasteiger partial charge on any atom is -0.340 e. The van der Waals surface area contributed by atoms with Gasteiger partial charge in [-0.1, -0.05) is 25.7 Å². The van der Waals surface area contributed by atoms with Crippen LogP contribution in [0.5, 0.6) is 0 Å². The Balaban J connectivity index is 2.62. The normalized spacial score (nSPS) is 20.8. The van der Waals surface area contributed by atoms with Gasteiger partial charge in [0.2, 0.25) is 17.7 Å². The fraction of sp³-hybridized carbons (Fsp3) is 0.417. The van der Waals surface area contributed by atoms with Gasteiger partial charge in [-0.15, -0.1) is 0 Å². The molecule has 0 saturated carbocycles. The Hall–Kier alpha value is -1.91. The maximum atomic E-state index is 11.8. The van der Waals surface area contributed by atoms with E-state index in [2.05, 4.69) is 17.2 Å². The van der Waals surface area contributed by atoms with Gasteiger partial charge in [-0.3, -0.25) is 19.7 Å². The van der Waals surface area contributed by atoms with Crippen molar-refractivity contribution in [2.45, 2.75) is 32.2 Å². The van der Waals surface area contributed by atoms with Gasteiger partial charge in [0.25, 0.3) is 0 Å². The molecule has 2 N–H and O–H groups in total. The second kappa shape index (κ2) is 5.98. The van der Waals surface area contributed by atoms with E-state index in [4.69, 9.17) is 0 Å². The van der Waals surface area contributed by atoms with Crippen molar-refractivity contribution in [3.05, 3.63) is 24.3 Å². The Morgan fingerprint density at radius 3 is 2.82 bits per heavy atom. The molecule has 0 bridgehead atoms. The van der Waals surface area contributed by atoms with Crippen LogP contribution in [0.15, 0.2) is 24.3 Å². The number of hydrogen-bond donors (Lipinski definition) is 2. The van der Waals surface area contributed by atoms with Gasteiger partial charge in [0.05, 0.1) is 0 Å². The minimum absolute atomic E-state index is 0.253. The zero-order chi connectivity index (χ0) is 12.8. The molecule has 0 aromatic rings. The summed E-state index contributed by atoms with van der Waals surface area (Å²) in [7, 11) is 0. The van der Waals surface area contributed by atoms with Crippen molar-refractivity contribution >= 4 is 17.7 Å². The van der Waals surface area contributed by atoms with Crippen molar-refractivity contribution in [1.82, 2.24) is 10.6 Å². The molecule has 1 fully saturated rings. The molecule has 0 spiro atoms. The Morgan fingerprint density at radius 1 is 1.59 bits per heavy atom. The molecule has 0 aromatic carbocycles. The second-order valence-electron chi connectivity index (χ2n) is 3.76. The van der Waals surface area contributed by atoms with E-state index in [9.17, 15) is 14.4 Å². The largest absolute Gasteiger partial charge is 0.340 e. The van der Waals surface area contributed by atoms with E-state index in [1.807, 2.05) is 6.92 Å². The van der Waals surface area contributed by atoms with Crippen molar-refractivity contribution in [3.8, 4) is 0 Å². The van der Waals surface area contributed by atoms with Crippen LogP contribution >= 0.6 is 0 Å². The number of carbonyl (C=O) groups is 3. The lowest BCUT2D eigenvalue weighted by atomic mass is 10.0. The average Bonchev–Trinajstić information content (AvgIpc) is 2.29. The maximum absolute atomic E-state index is 11.8. The predicted molar refractivity (Wildman–Crippen MR) is 62.9 cm³/mol. The van der Waals surface area contributed by atoms with Gasteiger partial charge < -0.3 is 5.32 Å². The van der Waals surface area contributed by atoms with Crippen molar-refractivity contribution in [2.24, 2.45) is 0 Å². The van der Waals surface area contributed by atoms with Crippen molar-refractivity contribution < 1.29 is 14.4 Å². The fourth-order valence-corrected chi connectivity index (χ4v) is 1.58. The summed E-state index contributed by atoms with van der Waals surface area (Å²) in [5.41, 5.74) is 0.560. The first-order chi connectivity index (χ1) is 8.08. The monoisotopic (exact) mass is 236 g/mol. The topological polar surface area (TPSA) is 75.3 Å². The van der Waals surface area contributed by atoms with E-state index in [0.717, 1.165) is 0 Å². The lowest BCUT2D eigenvalue weighted by molar-refractivity contribution is -0.136. The summed E-state index contributed by atoms with van der Waals surface area (Å²) < 4.78 is 0. The molecule has 1 saturated heterocycles. The molecule has 92 valence electrons. The molecule has 1 heterocycles. The molecule has 1 aliphatic rings. The molecule has 5 heteroatoms. The van der Waals surface area contributed by atoms with E-state index in [1.54, 1.807) is 6.08 Å². The van der Waals surface area contributed by atoms with Crippen LogP contribution in [0.2, 0.25) is 0 Å². The Bertz CT molecular complexity index is 385. The van der Waals surface area contributed by atoms with Gasteiger partial charge in [0.15, 0.2) is 0 Å². The van der Waals surface area contributed by atoms with E-state index < -0.39 is 11.9 Å². The van der Waals surface area contributed by atoms with Crippen LogP contribution in [0.25, 0.3) is 0 Å². The van der Waals surface area contributed by atoms with Crippen LogP contribution < -0.4 is 10.6 Å². The number of hydrogen-bond acceptors (Lipinski definition) is 3. The third kappa shape index (κ3) is 3.55. The summed E-state index contributed by atoms with van der Waals surface area (Å²) in [5, 5.41) is 4.80. The first kappa shape index (κ1) is 13.2. The standard InChI is InChI=1S/C12H16N2O3/c1-3-5-8(4-2)11(16)13-9-6-7-10(15)14-12(9)17/h3,5,9H,1,4,6-7H2,2H3,(H,13,16)(H,14,15,17)/b8-5+. The molecule has 1 atom stereocenters. The smallest absolute Gasteiger partial charge is 0.249 e. The predicted octanol–water partition coefficient (Wildman–Crippen LogP) is 0.430.